The molecule has 4 aromatic rings. The van der Waals surface area contributed by atoms with Crippen LogP contribution in [0.3, 0.4) is 0 Å². The van der Waals surface area contributed by atoms with Gasteiger partial charge in [0.2, 0.25) is 5.91 Å². The molecule has 2 aromatic heterocycles. The van der Waals surface area contributed by atoms with Crippen LogP contribution in [0.2, 0.25) is 0 Å². The molecule has 0 saturated carbocycles. The van der Waals surface area contributed by atoms with Crippen molar-refractivity contribution in [1.82, 2.24) is 9.97 Å². The molecule has 2 aromatic carbocycles. The molecule has 0 unspecified atom stereocenters. The summed E-state index contributed by atoms with van der Waals surface area (Å²) in [5.74, 6) is 0.343. The first-order valence-electron chi connectivity index (χ1n) is 10.1. The summed E-state index contributed by atoms with van der Waals surface area (Å²) >= 11 is 3.07. The number of thiazole rings is 1. The predicted molar refractivity (Wildman–Crippen MR) is 126 cm³/mol. The number of amides is 1. The summed E-state index contributed by atoms with van der Waals surface area (Å²) in [4.78, 5) is 25.1. The summed E-state index contributed by atoms with van der Waals surface area (Å²) in [5.41, 5.74) is 2.96. The van der Waals surface area contributed by atoms with E-state index in [1.807, 2.05) is 30.3 Å². The van der Waals surface area contributed by atoms with Crippen LogP contribution in [0, 0.1) is 5.82 Å². The van der Waals surface area contributed by atoms with Gasteiger partial charge >= 0.3 is 0 Å². The molecule has 31 heavy (non-hydrogen) atoms. The molecule has 0 aliphatic heterocycles. The molecule has 0 radical (unpaired) electrons. The van der Waals surface area contributed by atoms with Gasteiger partial charge in [0.1, 0.15) is 5.82 Å². The smallest absolute Gasteiger partial charge is 0.229 e. The van der Waals surface area contributed by atoms with Crippen LogP contribution in [-0.4, -0.2) is 21.6 Å². The summed E-state index contributed by atoms with van der Waals surface area (Å²) in [6, 6.07) is 18.2. The monoisotopic (exact) mass is 451 g/mol. The molecule has 0 spiro atoms. The molecule has 0 aliphatic carbocycles. The van der Waals surface area contributed by atoms with Gasteiger partial charge in [0.05, 0.1) is 22.5 Å². The third-order valence-corrected chi connectivity index (χ3v) is 6.91. The average Bonchev–Trinajstić information content (AvgIpc) is 3.23. The standard InChI is InChI=1S/C24H22FN3OS2/c1-2-17-6-5-8-21-23(17)27-24(31-21)28(16-19-7-3-4-14-26-19)22(29)13-15-30-20-11-9-18(25)10-12-20/h3-12,14H,2,13,15-16H2,1H3. The number of thioether (sulfide) groups is 1. The molecule has 0 N–H and O–H groups in total. The van der Waals surface area contributed by atoms with Crippen molar-refractivity contribution in [1.29, 1.82) is 0 Å². The summed E-state index contributed by atoms with van der Waals surface area (Å²) in [7, 11) is 0. The van der Waals surface area contributed by atoms with Crippen molar-refractivity contribution < 1.29 is 9.18 Å². The Kier molecular flexibility index (Phi) is 6.94. The minimum absolute atomic E-state index is 0.00244. The van der Waals surface area contributed by atoms with E-state index in [0.717, 1.165) is 27.2 Å². The number of carbonyl (C=O) groups excluding carboxylic acids is 1. The van der Waals surface area contributed by atoms with Gasteiger partial charge in [-0.2, -0.15) is 0 Å². The Labute approximate surface area is 189 Å². The van der Waals surface area contributed by atoms with E-state index < -0.39 is 0 Å². The second-order valence-corrected chi connectivity index (χ2v) is 9.14. The van der Waals surface area contributed by atoms with Crippen LogP contribution < -0.4 is 4.90 Å². The third kappa shape index (κ3) is 5.29. The van der Waals surface area contributed by atoms with Gasteiger partial charge in [-0.05, 0) is 54.4 Å². The van der Waals surface area contributed by atoms with E-state index in [4.69, 9.17) is 4.98 Å². The van der Waals surface area contributed by atoms with E-state index >= 15 is 0 Å². The normalized spacial score (nSPS) is 11.0. The lowest BCUT2D eigenvalue weighted by Gasteiger charge is -2.19. The van der Waals surface area contributed by atoms with Crippen LogP contribution >= 0.6 is 23.1 Å². The molecule has 0 aliphatic rings. The molecule has 7 heteroatoms. The first-order valence-corrected chi connectivity index (χ1v) is 11.9. The zero-order chi connectivity index (χ0) is 21.6. The number of carbonyl (C=O) groups is 1. The van der Waals surface area contributed by atoms with Crippen LogP contribution in [0.25, 0.3) is 10.2 Å². The van der Waals surface area contributed by atoms with Crippen LogP contribution in [-0.2, 0) is 17.8 Å². The fourth-order valence-corrected chi connectivity index (χ4v) is 5.10. The highest BCUT2D eigenvalue weighted by molar-refractivity contribution is 7.99. The maximum absolute atomic E-state index is 13.2. The van der Waals surface area contributed by atoms with Crippen molar-refractivity contribution in [2.45, 2.75) is 31.2 Å². The fraction of sp³-hybridized carbons (Fsp3) is 0.208. The van der Waals surface area contributed by atoms with Gasteiger partial charge in [0.15, 0.2) is 5.13 Å². The Hall–Kier alpha value is -2.77. The van der Waals surface area contributed by atoms with Crippen molar-refractivity contribution in [3.05, 3.63) is 83.9 Å². The van der Waals surface area contributed by atoms with Gasteiger partial charge in [-0.1, -0.05) is 36.5 Å². The number of pyridine rings is 1. The molecule has 4 nitrogen and oxygen atoms in total. The summed E-state index contributed by atoms with van der Waals surface area (Å²) in [5, 5.41) is 0.693. The number of aryl methyl sites for hydroxylation is 1. The quantitative estimate of drug-likeness (QED) is 0.303. The molecule has 0 fully saturated rings. The Bertz CT molecular complexity index is 1160. The maximum Gasteiger partial charge on any atom is 0.229 e. The Balaban J connectivity index is 1.55. The number of hydrogen-bond donors (Lipinski definition) is 0. The Morgan fingerprint density at radius 1 is 1.10 bits per heavy atom. The molecule has 0 saturated heterocycles. The van der Waals surface area contributed by atoms with E-state index in [2.05, 4.69) is 18.0 Å². The molecule has 0 atom stereocenters. The number of benzene rings is 2. The first kappa shape index (κ1) is 21.5. The minimum atomic E-state index is -0.260. The van der Waals surface area contributed by atoms with Crippen molar-refractivity contribution >= 4 is 44.4 Å². The van der Waals surface area contributed by atoms with Crippen LogP contribution in [0.1, 0.15) is 24.6 Å². The zero-order valence-electron chi connectivity index (χ0n) is 17.1. The first-order chi connectivity index (χ1) is 15.1. The Morgan fingerprint density at radius 3 is 2.68 bits per heavy atom. The van der Waals surface area contributed by atoms with E-state index in [0.29, 0.717) is 23.8 Å². The van der Waals surface area contributed by atoms with E-state index in [-0.39, 0.29) is 11.7 Å². The number of fused-ring (bicyclic) bond motifs is 1. The number of nitrogens with zero attached hydrogens (tertiary/aromatic N) is 3. The molecular weight excluding hydrogens is 429 g/mol. The zero-order valence-corrected chi connectivity index (χ0v) is 18.8. The predicted octanol–water partition coefficient (Wildman–Crippen LogP) is 6.11. The number of para-hydroxylation sites is 1. The Morgan fingerprint density at radius 2 is 1.94 bits per heavy atom. The second-order valence-electron chi connectivity index (χ2n) is 6.97. The van der Waals surface area contributed by atoms with Gasteiger partial charge in [-0.3, -0.25) is 14.7 Å². The number of rotatable bonds is 8. The molecule has 158 valence electrons. The fourth-order valence-electron chi connectivity index (χ4n) is 3.23. The number of anilines is 1. The summed E-state index contributed by atoms with van der Waals surface area (Å²) in [6.07, 6.45) is 2.98. The number of hydrogen-bond acceptors (Lipinski definition) is 5. The molecule has 1 amide bonds. The highest BCUT2D eigenvalue weighted by Crippen LogP contribution is 2.32. The van der Waals surface area contributed by atoms with E-state index in [1.165, 1.54) is 29.0 Å². The summed E-state index contributed by atoms with van der Waals surface area (Å²) in [6.45, 7) is 2.49. The summed E-state index contributed by atoms with van der Waals surface area (Å²) < 4.78 is 14.2. The molecule has 4 rings (SSSR count). The lowest BCUT2D eigenvalue weighted by Crippen LogP contribution is -2.30. The van der Waals surface area contributed by atoms with Crippen LogP contribution in [0.15, 0.2) is 71.8 Å². The van der Waals surface area contributed by atoms with Gasteiger partial charge in [-0.25, -0.2) is 9.37 Å². The lowest BCUT2D eigenvalue weighted by atomic mass is 10.1. The number of halogens is 1. The topological polar surface area (TPSA) is 46.1 Å². The van der Waals surface area contributed by atoms with Crippen LogP contribution in [0.4, 0.5) is 9.52 Å². The molecular formula is C24H22FN3OS2. The van der Waals surface area contributed by atoms with Gasteiger partial charge in [0, 0.05) is 23.3 Å². The minimum Gasteiger partial charge on any atom is -0.282 e. The lowest BCUT2D eigenvalue weighted by molar-refractivity contribution is -0.118. The van der Waals surface area contributed by atoms with Crippen LogP contribution in [0.5, 0.6) is 0 Å². The van der Waals surface area contributed by atoms with Gasteiger partial charge in [0.25, 0.3) is 0 Å². The highest BCUT2D eigenvalue weighted by Gasteiger charge is 2.21. The molecule has 0 bridgehead atoms. The van der Waals surface area contributed by atoms with Gasteiger partial charge in [-0.15, -0.1) is 11.8 Å². The maximum atomic E-state index is 13.2. The van der Waals surface area contributed by atoms with E-state index in [9.17, 15) is 9.18 Å². The average molecular weight is 452 g/mol. The van der Waals surface area contributed by atoms with E-state index in [1.54, 1.807) is 35.0 Å². The largest absolute Gasteiger partial charge is 0.282 e. The highest BCUT2D eigenvalue weighted by atomic mass is 32.2. The van der Waals surface area contributed by atoms with Crippen molar-refractivity contribution in [3.63, 3.8) is 0 Å². The number of aromatic nitrogens is 2. The van der Waals surface area contributed by atoms with Crippen molar-refractivity contribution in [2.24, 2.45) is 0 Å². The third-order valence-electron chi connectivity index (χ3n) is 4.85. The molecule has 2 heterocycles. The van der Waals surface area contributed by atoms with Crippen molar-refractivity contribution in [3.8, 4) is 0 Å². The second kappa shape index (κ2) is 10.0. The van der Waals surface area contributed by atoms with Crippen molar-refractivity contribution in [2.75, 3.05) is 10.7 Å². The SMILES string of the molecule is CCc1cccc2sc(N(Cc3ccccn3)C(=O)CCSc3ccc(F)cc3)nc12. The van der Waals surface area contributed by atoms with Gasteiger partial charge < -0.3 is 0 Å².